The van der Waals surface area contributed by atoms with E-state index in [1.807, 2.05) is 4.90 Å². The van der Waals surface area contributed by atoms with Gasteiger partial charge < -0.3 is 15.5 Å². The zero-order valence-electron chi connectivity index (χ0n) is 15.9. The van der Waals surface area contributed by atoms with E-state index in [4.69, 9.17) is 5.73 Å². The summed E-state index contributed by atoms with van der Waals surface area (Å²) in [5, 5.41) is 0. The number of nitrogens with two attached hydrogens (primary N) is 1. The van der Waals surface area contributed by atoms with E-state index in [9.17, 15) is 4.79 Å². The van der Waals surface area contributed by atoms with E-state index in [-0.39, 0.29) is 5.91 Å². The van der Waals surface area contributed by atoms with Crippen LogP contribution in [0.2, 0.25) is 0 Å². The number of anilines is 1. The van der Waals surface area contributed by atoms with Gasteiger partial charge in [-0.25, -0.2) is 0 Å². The molecule has 0 aliphatic carbocycles. The van der Waals surface area contributed by atoms with Crippen molar-refractivity contribution < 1.29 is 4.79 Å². The van der Waals surface area contributed by atoms with Gasteiger partial charge in [-0.1, -0.05) is 18.2 Å². The third-order valence-corrected chi connectivity index (χ3v) is 5.52. The Morgan fingerprint density at radius 3 is 2.44 bits per heavy atom. The molecule has 1 amide bonds. The Hall–Kier alpha value is -1.59. The molecule has 0 aromatic heterocycles. The predicted molar refractivity (Wildman–Crippen MR) is 103 cm³/mol. The summed E-state index contributed by atoms with van der Waals surface area (Å²) in [5.74, 6) is 0.0794. The van der Waals surface area contributed by atoms with Gasteiger partial charge in [0.25, 0.3) is 0 Å². The van der Waals surface area contributed by atoms with Crippen LogP contribution in [0.4, 0.5) is 5.69 Å². The molecule has 0 bridgehead atoms. The number of carbonyl (C=O) groups is 1. The molecule has 2 aliphatic rings. The van der Waals surface area contributed by atoms with Crippen molar-refractivity contribution in [1.82, 2.24) is 9.80 Å². The van der Waals surface area contributed by atoms with E-state index in [0.717, 1.165) is 45.7 Å². The Kier molecular flexibility index (Phi) is 5.35. The van der Waals surface area contributed by atoms with Crippen molar-refractivity contribution >= 4 is 11.6 Å². The largest absolute Gasteiger partial charge is 0.369 e. The molecular formula is C20H32N4O. The lowest BCUT2D eigenvalue weighted by molar-refractivity contribution is -0.138. The van der Waals surface area contributed by atoms with Crippen LogP contribution < -0.4 is 10.6 Å². The molecule has 5 heteroatoms. The molecule has 25 heavy (non-hydrogen) atoms. The Balaban J connectivity index is 1.58. The first kappa shape index (κ1) is 18.2. The van der Waals surface area contributed by atoms with Crippen LogP contribution >= 0.6 is 0 Å². The Morgan fingerprint density at radius 1 is 1.12 bits per heavy atom. The van der Waals surface area contributed by atoms with Crippen LogP contribution in [0.25, 0.3) is 0 Å². The fraction of sp³-hybridized carbons (Fsp3) is 0.650. The van der Waals surface area contributed by atoms with Crippen molar-refractivity contribution in [3.8, 4) is 0 Å². The van der Waals surface area contributed by atoms with Crippen molar-refractivity contribution in [1.29, 1.82) is 0 Å². The van der Waals surface area contributed by atoms with E-state index in [0.29, 0.717) is 6.04 Å². The number of carbonyl (C=O) groups excluding carboxylic acids is 1. The number of rotatable bonds is 3. The summed E-state index contributed by atoms with van der Waals surface area (Å²) < 4.78 is 0. The number of amides is 1. The van der Waals surface area contributed by atoms with Gasteiger partial charge in [0.1, 0.15) is 0 Å². The second-order valence-electron chi connectivity index (χ2n) is 8.08. The van der Waals surface area contributed by atoms with Crippen LogP contribution in [0.3, 0.4) is 0 Å². The maximum absolute atomic E-state index is 12.5. The molecule has 2 fully saturated rings. The van der Waals surface area contributed by atoms with Crippen molar-refractivity contribution in [2.24, 2.45) is 5.73 Å². The lowest BCUT2D eigenvalue weighted by Crippen LogP contribution is -2.59. The normalized spacial score (nSPS) is 23.0. The number of para-hydroxylation sites is 1. The fourth-order valence-corrected chi connectivity index (χ4v) is 4.09. The quantitative estimate of drug-likeness (QED) is 0.909. The van der Waals surface area contributed by atoms with E-state index >= 15 is 0 Å². The third kappa shape index (κ3) is 4.15. The van der Waals surface area contributed by atoms with E-state index < -0.39 is 5.54 Å². The Labute approximate surface area is 151 Å². The van der Waals surface area contributed by atoms with Crippen LogP contribution in [-0.2, 0) is 4.79 Å². The number of piperazine rings is 1. The monoisotopic (exact) mass is 344 g/mol. The summed E-state index contributed by atoms with van der Waals surface area (Å²) in [6.07, 6.45) is 2.25. The van der Waals surface area contributed by atoms with E-state index in [1.165, 1.54) is 17.7 Å². The topological polar surface area (TPSA) is 52.8 Å². The highest BCUT2D eigenvalue weighted by molar-refractivity contribution is 5.85. The summed E-state index contributed by atoms with van der Waals surface area (Å²) in [6, 6.07) is 9.09. The predicted octanol–water partition coefficient (Wildman–Crippen LogP) is 1.85. The summed E-state index contributed by atoms with van der Waals surface area (Å²) in [4.78, 5) is 19.5. The van der Waals surface area contributed by atoms with Crippen LogP contribution in [0.1, 0.15) is 32.3 Å². The molecule has 0 radical (unpaired) electrons. The van der Waals surface area contributed by atoms with Gasteiger partial charge in [0.2, 0.25) is 5.91 Å². The molecule has 1 atom stereocenters. The van der Waals surface area contributed by atoms with Crippen LogP contribution in [0, 0.1) is 6.92 Å². The minimum absolute atomic E-state index is 0.0794. The van der Waals surface area contributed by atoms with Gasteiger partial charge in [0.05, 0.1) is 5.54 Å². The maximum atomic E-state index is 12.5. The molecule has 2 saturated heterocycles. The highest BCUT2D eigenvalue weighted by atomic mass is 16.2. The summed E-state index contributed by atoms with van der Waals surface area (Å²) in [7, 11) is 0. The smallest absolute Gasteiger partial charge is 0.242 e. The third-order valence-electron chi connectivity index (χ3n) is 5.52. The molecule has 0 spiro atoms. The maximum Gasteiger partial charge on any atom is 0.242 e. The van der Waals surface area contributed by atoms with Gasteiger partial charge in [0.15, 0.2) is 0 Å². The van der Waals surface area contributed by atoms with Crippen molar-refractivity contribution in [2.75, 3.05) is 44.2 Å². The first-order chi connectivity index (χ1) is 11.9. The highest BCUT2D eigenvalue weighted by Crippen LogP contribution is 2.24. The molecule has 0 unspecified atom stereocenters. The molecule has 0 saturated carbocycles. The number of likely N-dealkylation sites (tertiary alicyclic amines) is 1. The van der Waals surface area contributed by atoms with Gasteiger partial charge in [-0.15, -0.1) is 0 Å². The average Bonchev–Trinajstić information content (AvgIpc) is 2.61. The van der Waals surface area contributed by atoms with Crippen LogP contribution in [-0.4, -0.2) is 66.6 Å². The molecular weight excluding hydrogens is 312 g/mol. The summed E-state index contributed by atoms with van der Waals surface area (Å²) in [6.45, 7) is 11.7. The van der Waals surface area contributed by atoms with Crippen LogP contribution in [0.5, 0.6) is 0 Å². The highest BCUT2D eigenvalue weighted by Gasteiger charge is 2.34. The zero-order valence-corrected chi connectivity index (χ0v) is 15.9. The first-order valence-electron chi connectivity index (χ1n) is 9.49. The lowest BCUT2D eigenvalue weighted by Gasteiger charge is -2.45. The number of hydrogen-bond acceptors (Lipinski definition) is 4. The minimum atomic E-state index is -0.772. The standard InChI is InChI=1S/C20H32N4O/c1-16-7-4-5-9-18(16)23-13-11-22(12-14-23)17-8-6-10-24(15-17)19(25)20(2,3)21/h4-5,7,9,17H,6,8,10-15,21H2,1-3H3/t17-/m1/s1. The van der Waals surface area contributed by atoms with Gasteiger partial charge in [-0.05, 0) is 45.2 Å². The Morgan fingerprint density at radius 2 is 1.80 bits per heavy atom. The fourth-order valence-electron chi connectivity index (χ4n) is 4.09. The molecule has 1 aromatic carbocycles. The van der Waals surface area contributed by atoms with Gasteiger partial charge in [-0.2, -0.15) is 0 Å². The number of aryl methyl sites for hydroxylation is 1. The second-order valence-corrected chi connectivity index (χ2v) is 8.08. The molecule has 2 aliphatic heterocycles. The Bertz CT molecular complexity index is 602. The first-order valence-corrected chi connectivity index (χ1v) is 9.49. The number of benzene rings is 1. The average molecular weight is 345 g/mol. The lowest BCUT2D eigenvalue weighted by atomic mass is 9.99. The SMILES string of the molecule is Cc1ccccc1N1CCN([C@@H]2CCCN(C(=O)C(C)(C)N)C2)CC1. The molecule has 2 N–H and O–H groups in total. The molecule has 5 nitrogen and oxygen atoms in total. The summed E-state index contributed by atoms with van der Waals surface area (Å²) >= 11 is 0. The van der Waals surface area contributed by atoms with Crippen molar-refractivity contribution in [3.63, 3.8) is 0 Å². The number of nitrogens with zero attached hydrogens (tertiary/aromatic N) is 3. The van der Waals surface area contributed by atoms with Gasteiger partial charge in [-0.3, -0.25) is 9.69 Å². The van der Waals surface area contributed by atoms with E-state index in [1.54, 1.807) is 13.8 Å². The number of hydrogen-bond donors (Lipinski definition) is 1. The molecule has 1 aromatic rings. The van der Waals surface area contributed by atoms with E-state index in [2.05, 4.69) is 41.0 Å². The minimum Gasteiger partial charge on any atom is -0.369 e. The van der Waals surface area contributed by atoms with Crippen LogP contribution in [0.15, 0.2) is 24.3 Å². The van der Waals surface area contributed by atoms with Crippen molar-refractivity contribution in [2.45, 2.75) is 45.2 Å². The second kappa shape index (κ2) is 7.34. The summed E-state index contributed by atoms with van der Waals surface area (Å²) in [5.41, 5.74) is 7.94. The zero-order chi connectivity index (χ0) is 18.0. The number of piperidine rings is 1. The van der Waals surface area contributed by atoms with Gasteiger partial charge in [0, 0.05) is 51.0 Å². The van der Waals surface area contributed by atoms with Gasteiger partial charge >= 0.3 is 0 Å². The molecule has 138 valence electrons. The van der Waals surface area contributed by atoms with Crippen molar-refractivity contribution in [3.05, 3.63) is 29.8 Å². The molecule has 3 rings (SSSR count). The molecule has 2 heterocycles.